The molecule has 2 aromatic carbocycles. The minimum Gasteiger partial charge on any atom is -0.478 e. The third-order valence-corrected chi connectivity index (χ3v) is 5.56. The molecule has 28 heavy (non-hydrogen) atoms. The van der Waals surface area contributed by atoms with Crippen LogP contribution in [-0.4, -0.2) is 17.1 Å². The number of thiophene rings is 1. The second-order valence-electron chi connectivity index (χ2n) is 5.79. The Kier molecular flexibility index (Phi) is 5.88. The van der Waals surface area contributed by atoms with Crippen molar-refractivity contribution < 1.29 is 19.1 Å². The van der Waals surface area contributed by atoms with E-state index in [0.717, 1.165) is 11.3 Å². The number of benzene rings is 2. The quantitative estimate of drug-likeness (QED) is 0.434. The number of hydrogen-bond acceptors (Lipinski definition) is 3. The van der Waals surface area contributed by atoms with Crippen molar-refractivity contribution in [3.8, 4) is 10.4 Å². The molecule has 0 unspecified atom stereocenters. The molecule has 2 amide bonds. The standard InChI is InChI=1S/C19H13Cl2FN2O3S/c1-9-7-10(22)5-6-11(9)15-8-12(18(25)26)17(28-15)24-19(27)23-16-13(20)3-2-4-14(16)21/h2-8H,1H3,(H,25,26)(H2,23,24,27). The first-order valence-corrected chi connectivity index (χ1v) is 9.49. The zero-order valence-electron chi connectivity index (χ0n) is 14.3. The number of hydrogen-bond donors (Lipinski definition) is 3. The lowest BCUT2D eigenvalue weighted by Gasteiger charge is -2.10. The van der Waals surface area contributed by atoms with Gasteiger partial charge < -0.3 is 10.4 Å². The van der Waals surface area contributed by atoms with Gasteiger partial charge in [-0.1, -0.05) is 35.3 Å². The number of carbonyl (C=O) groups is 2. The van der Waals surface area contributed by atoms with Gasteiger partial charge in [-0.25, -0.2) is 14.0 Å². The summed E-state index contributed by atoms with van der Waals surface area (Å²) >= 11 is 13.1. The zero-order chi connectivity index (χ0) is 20.4. The van der Waals surface area contributed by atoms with E-state index in [9.17, 15) is 19.1 Å². The number of amides is 2. The Bertz CT molecular complexity index is 1060. The predicted octanol–water partition coefficient (Wildman–Crippen LogP) is 6.51. The Balaban J connectivity index is 1.90. The summed E-state index contributed by atoms with van der Waals surface area (Å²) in [5.74, 6) is -1.58. The fourth-order valence-electron chi connectivity index (χ4n) is 2.54. The van der Waals surface area contributed by atoms with Crippen LogP contribution in [0.3, 0.4) is 0 Å². The smallest absolute Gasteiger partial charge is 0.338 e. The lowest BCUT2D eigenvalue weighted by molar-refractivity contribution is 0.0698. The van der Waals surface area contributed by atoms with E-state index in [4.69, 9.17) is 23.2 Å². The molecule has 0 spiro atoms. The molecule has 3 rings (SSSR count). The summed E-state index contributed by atoms with van der Waals surface area (Å²) in [5, 5.41) is 15.1. The SMILES string of the molecule is Cc1cc(F)ccc1-c1cc(C(=O)O)c(NC(=O)Nc2c(Cl)cccc2Cl)s1. The van der Waals surface area contributed by atoms with E-state index in [1.807, 2.05) is 0 Å². The number of carbonyl (C=O) groups excluding carboxylic acids is 1. The Labute approximate surface area is 173 Å². The largest absolute Gasteiger partial charge is 0.478 e. The molecule has 5 nitrogen and oxygen atoms in total. The maximum absolute atomic E-state index is 13.3. The Hall–Kier alpha value is -2.61. The number of carboxylic acids is 1. The van der Waals surface area contributed by atoms with Crippen LogP contribution in [0, 0.1) is 12.7 Å². The van der Waals surface area contributed by atoms with Crippen molar-refractivity contribution in [2.24, 2.45) is 0 Å². The van der Waals surface area contributed by atoms with Gasteiger partial charge in [-0.2, -0.15) is 0 Å². The van der Waals surface area contributed by atoms with Gasteiger partial charge in [0, 0.05) is 4.88 Å². The highest BCUT2D eigenvalue weighted by atomic mass is 35.5. The third kappa shape index (κ3) is 4.27. The van der Waals surface area contributed by atoms with Crippen molar-refractivity contribution in [2.75, 3.05) is 10.6 Å². The monoisotopic (exact) mass is 438 g/mol. The highest BCUT2D eigenvalue weighted by Gasteiger charge is 2.20. The molecule has 1 aromatic heterocycles. The molecule has 0 aliphatic carbocycles. The lowest BCUT2D eigenvalue weighted by Crippen LogP contribution is -2.20. The predicted molar refractivity (Wildman–Crippen MR) is 111 cm³/mol. The van der Waals surface area contributed by atoms with E-state index < -0.39 is 12.0 Å². The van der Waals surface area contributed by atoms with Crippen LogP contribution < -0.4 is 10.6 Å². The number of para-hydroxylation sites is 1. The van der Waals surface area contributed by atoms with E-state index in [2.05, 4.69) is 10.6 Å². The molecule has 0 saturated heterocycles. The van der Waals surface area contributed by atoms with Gasteiger partial charge in [-0.3, -0.25) is 5.32 Å². The molecule has 0 bridgehead atoms. The number of aryl methyl sites for hydroxylation is 1. The van der Waals surface area contributed by atoms with Gasteiger partial charge in [0.25, 0.3) is 0 Å². The summed E-state index contributed by atoms with van der Waals surface area (Å²) in [4.78, 5) is 24.5. The van der Waals surface area contributed by atoms with Crippen LogP contribution in [-0.2, 0) is 0 Å². The number of rotatable bonds is 4. The van der Waals surface area contributed by atoms with Crippen LogP contribution in [0.2, 0.25) is 10.0 Å². The van der Waals surface area contributed by atoms with Gasteiger partial charge >= 0.3 is 12.0 Å². The minimum atomic E-state index is -1.20. The highest BCUT2D eigenvalue weighted by Crippen LogP contribution is 2.37. The number of aromatic carboxylic acids is 1. The minimum absolute atomic E-state index is 0.0795. The molecule has 9 heteroatoms. The van der Waals surface area contributed by atoms with Gasteiger partial charge in [0.2, 0.25) is 0 Å². The van der Waals surface area contributed by atoms with Gasteiger partial charge in [0.1, 0.15) is 10.8 Å². The summed E-state index contributed by atoms with van der Waals surface area (Å²) in [6.07, 6.45) is 0. The summed E-state index contributed by atoms with van der Waals surface area (Å²) in [6, 6.07) is 9.71. The van der Waals surface area contributed by atoms with E-state index >= 15 is 0 Å². The van der Waals surface area contributed by atoms with Crippen LogP contribution in [0.1, 0.15) is 15.9 Å². The first-order chi connectivity index (χ1) is 13.3. The van der Waals surface area contributed by atoms with Gasteiger partial charge in [-0.05, 0) is 48.4 Å². The molecule has 3 N–H and O–H groups in total. The fourth-order valence-corrected chi connectivity index (χ4v) is 4.17. The number of anilines is 2. The second-order valence-corrected chi connectivity index (χ2v) is 7.66. The molecule has 0 atom stereocenters. The second kappa shape index (κ2) is 8.18. The zero-order valence-corrected chi connectivity index (χ0v) is 16.7. The van der Waals surface area contributed by atoms with Crippen LogP contribution in [0.4, 0.5) is 19.9 Å². The first kappa shape index (κ1) is 20.1. The van der Waals surface area contributed by atoms with E-state index in [0.29, 0.717) is 16.0 Å². The molecule has 1 heterocycles. The summed E-state index contributed by atoms with van der Waals surface area (Å²) in [6.45, 7) is 1.72. The van der Waals surface area contributed by atoms with Crippen LogP contribution in [0.25, 0.3) is 10.4 Å². The first-order valence-electron chi connectivity index (χ1n) is 7.92. The maximum atomic E-state index is 13.3. The molecular formula is C19H13Cl2FN2O3S. The molecule has 144 valence electrons. The highest BCUT2D eigenvalue weighted by molar-refractivity contribution is 7.20. The van der Waals surface area contributed by atoms with Crippen LogP contribution >= 0.6 is 34.5 Å². The Morgan fingerprint density at radius 1 is 1.07 bits per heavy atom. The van der Waals surface area contributed by atoms with Crippen molar-refractivity contribution in [2.45, 2.75) is 6.92 Å². The van der Waals surface area contributed by atoms with E-state index in [1.165, 1.54) is 18.2 Å². The molecule has 0 aliphatic rings. The third-order valence-electron chi connectivity index (χ3n) is 3.84. The van der Waals surface area contributed by atoms with Crippen molar-refractivity contribution in [3.05, 3.63) is 69.5 Å². The number of urea groups is 1. The Morgan fingerprint density at radius 3 is 2.36 bits per heavy atom. The van der Waals surface area contributed by atoms with Gasteiger partial charge in [0.15, 0.2) is 0 Å². The van der Waals surface area contributed by atoms with Crippen LogP contribution in [0.15, 0.2) is 42.5 Å². The normalized spacial score (nSPS) is 10.6. The van der Waals surface area contributed by atoms with Crippen molar-refractivity contribution >= 4 is 57.2 Å². The molecule has 3 aromatic rings. The number of halogens is 3. The molecule has 0 aliphatic heterocycles. The number of nitrogens with one attached hydrogen (secondary N) is 2. The van der Waals surface area contributed by atoms with Gasteiger partial charge in [-0.15, -0.1) is 11.3 Å². The average molecular weight is 439 g/mol. The fraction of sp³-hybridized carbons (Fsp3) is 0.0526. The lowest BCUT2D eigenvalue weighted by atomic mass is 10.1. The number of carboxylic acid groups (broad SMARTS) is 1. The van der Waals surface area contributed by atoms with Crippen LogP contribution in [0.5, 0.6) is 0 Å². The van der Waals surface area contributed by atoms with Gasteiger partial charge in [0.05, 0.1) is 21.3 Å². The molecule has 0 fully saturated rings. The molecular weight excluding hydrogens is 426 g/mol. The van der Waals surface area contributed by atoms with Crippen molar-refractivity contribution in [3.63, 3.8) is 0 Å². The maximum Gasteiger partial charge on any atom is 0.338 e. The average Bonchev–Trinajstić information content (AvgIpc) is 3.02. The molecule has 0 radical (unpaired) electrons. The summed E-state index contributed by atoms with van der Waals surface area (Å²) in [5.41, 5.74) is 1.46. The van der Waals surface area contributed by atoms with E-state index in [1.54, 1.807) is 31.2 Å². The summed E-state index contributed by atoms with van der Waals surface area (Å²) in [7, 11) is 0. The van der Waals surface area contributed by atoms with E-state index in [-0.39, 0.29) is 32.1 Å². The topological polar surface area (TPSA) is 78.4 Å². The van der Waals surface area contributed by atoms with Crippen molar-refractivity contribution in [1.82, 2.24) is 0 Å². The van der Waals surface area contributed by atoms with Crippen molar-refractivity contribution in [1.29, 1.82) is 0 Å². The summed E-state index contributed by atoms with van der Waals surface area (Å²) < 4.78 is 13.3. The Morgan fingerprint density at radius 2 is 1.75 bits per heavy atom. The molecule has 0 saturated carbocycles.